The smallest absolute Gasteiger partial charge is 0.335 e. The van der Waals surface area contributed by atoms with Crippen LogP contribution in [0.3, 0.4) is 0 Å². The third-order valence-electron chi connectivity index (χ3n) is 8.04. The van der Waals surface area contributed by atoms with Crippen molar-refractivity contribution < 1.29 is 24.5 Å². The molecule has 1 unspecified atom stereocenters. The molecule has 4 rings (SSSR count). The number of aromatic carboxylic acids is 1. The maximum atomic E-state index is 11.2. The van der Waals surface area contributed by atoms with Crippen molar-refractivity contribution in [1.82, 2.24) is 4.90 Å². The van der Waals surface area contributed by atoms with Crippen LogP contribution in [-0.4, -0.2) is 40.1 Å². The first kappa shape index (κ1) is 30.3. The highest BCUT2D eigenvalue weighted by atomic mass is 16.5. The molecule has 218 valence electrons. The molecule has 0 amide bonds. The van der Waals surface area contributed by atoms with Gasteiger partial charge in [0, 0.05) is 13.0 Å². The molecule has 41 heavy (non-hydrogen) atoms. The Kier molecular flexibility index (Phi) is 11.8. The van der Waals surface area contributed by atoms with Crippen molar-refractivity contribution >= 4 is 11.9 Å². The summed E-state index contributed by atoms with van der Waals surface area (Å²) in [7, 11) is 0. The topological polar surface area (TPSA) is 87.1 Å². The molecule has 0 radical (unpaired) electrons. The number of hydrogen-bond acceptors (Lipinski definition) is 4. The number of likely N-dealkylation sites (tertiary alicyclic amines) is 1. The van der Waals surface area contributed by atoms with Crippen LogP contribution in [0.2, 0.25) is 0 Å². The molecule has 1 saturated heterocycles. The van der Waals surface area contributed by atoms with Crippen molar-refractivity contribution in [1.29, 1.82) is 0 Å². The Hall–Kier alpha value is -3.64. The Morgan fingerprint density at radius 3 is 2.17 bits per heavy atom. The first-order chi connectivity index (χ1) is 20.0. The lowest BCUT2D eigenvalue weighted by Crippen LogP contribution is -2.29. The Morgan fingerprint density at radius 2 is 1.46 bits per heavy atom. The molecule has 3 aromatic rings. The standard InChI is InChI=1S/C35H43NO5/c37-34(38)11-5-2-8-27(24-28-17-20-32(21-18-28)35(39)40)16-19-31-9-3-4-10-33(31)41-26-30-14-12-29(13-15-30)25-36-22-6-1-7-23-36/h3-4,9-10,12-15,17-18,20-21,27H,1-2,5-8,11,16,19,22-26H2,(H,37,38)(H,39,40). The van der Waals surface area contributed by atoms with E-state index in [2.05, 4.69) is 35.2 Å². The lowest BCUT2D eigenvalue weighted by atomic mass is 9.88. The van der Waals surface area contributed by atoms with Gasteiger partial charge in [-0.15, -0.1) is 0 Å². The molecule has 0 aromatic heterocycles. The molecule has 6 nitrogen and oxygen atoms in total. The van der Waals surface area contributed by atoms with E-state index in [9.17, 15) is 14.7 Å². The summed E-state index contributed by atoms with van der Waals surface area (Å²) in [4.78, 5) is 24.7. The molecule has 0 spiro atoms. The van der Waals surface area contributed by atoms with Crippen LogP contribution in [0.1, 0.15) is 84.0 Å². The predicted octanol–water partition coefficient (Wildman–Crippen LogP) is 7.39. The van der Waals surface area contributed by atoms with Crippen LogP contribution in [0.25, 0.3) is 0 Å². The summed E-state index contributed by atoms with van der Waals surface area (Å²) in [6.07, 6.45) is 9.24. The van der Waals surface area contributed by atoms with Crippen molar-refractivity contribution in [2.24, 2.45) is 5.92 Å². The Morgan fingerprint density at radius 1 is 0.780 bits per heavy atom. The fraction of sp³-hybridized carbons (Fsp3) is 0.429. The van der Waals surface area contributed by atoms with Gasteiger partial charge in [0.15, 0.2) is 0 Å². The Balaban J connectivity index is 1.33. The summed E-state index contributed by atoms with van der Waals surface area (Å²) in [5.41, 5.74) is 5.07. The molecule has 0 saturated carbocycles. The lowest BCUT2D eigenvalue weighted by molar-refractivity contribution is -0.137. The van der Waals surface area contributed by atoms with Crippen LogP contribution in [0, 0.1) is 5.92 Å². The molecule has 1 aliphatic heterocycles. The number of aliphatic carboxylic acids is 1. The number of benzene rings is 3. The van der Waals surface area contributed by atoms with E-state index in [0.29, 0.717) is 18.9 Å². The Labute approximate surface area is 244 Å². The Bertz CT molecular complexity index is 1230. The minimum absolute atomic E-state index is 0.190. The van der Waals surface area contributed by atoms with Gasteiger partial charge in [0.25, 0.3) is 0 Å². The van der Waals surface area contributed by atoms with Gasteiger partial charge in [-0.3, -0.25) is 9.69 Å². The van der Waals surface area contributed by atoms with Gasteiger partial charge >= 0.3 is 11.9 Å². The van der Waals surface area contributed by atoms with Gasteiger partial charge in [-0.2, -0.15) is 0 Å². The third kappa shape index (κ3) is 10.4. The van der Waals surface area contributed by atoms with Crippen molar-refractivity contribution in [3.05, 3.63) is 101 Å². The number of carboxylic acids is 2. The highest BCUT2D eigenvalue weighted by Crippen LogP contribution is 2.26. The van der Waals surface area contributed by atoms with E-state index < -0.39 is 11.9 Å². The summed E-state index contributed by atoms with van der Waals surface area (Å²) in [5.74, 6) is -0.416. The normalized spacial score (nSPS) is 14.4. The largest absolute Gasteiger partial charge is 0.489 e. The molecule has 6 heteroatoms. The van der Waals surface area contributed by atoms with Crippen LogP contribution < -0.4 is 4.74 Å². The minimum atomic E-state index is -0.924. The van der Waals surface area contributed by atoms with E-state index in [4.69, 9.17) is 9.84 Å². The number of aryl methyl sites for hydroxylation is 1. The number of ether oxygens (including phenoxy) is 1. The van der Waals surface area contributed by atoms with Gasteiger partial charge in [0.1, 0.15) is 12.4 Å². The summed E-state index contributed by atoms with van der Waals surface area (Å²) < 4.78 is 6.29. The van der Waals surface area contributed by atoms with Gasteiger partial charge in [0.05, 0.1) is 5.56 Å². The third-order valence-corrected chi connectivity index (χ3v) is 8.04. The van der Waals surface area contributed by atoms with Gasteiger partial charge in [-0.25, -0.2) is 4.79 Å². The zero-order valence-electron chi connectivity index (χ0n) is 24.0. The quantitative estimate of drug-likeness (QED) is 0.179. The second kappa shape index (κ2) is 16.0. The average Bonchev–Trinajstić information content (AvgIpc) is 2.98. The number of rotatable bonds is 16. The molecular formula is C35H43NO5. The number of hydrogen-bond donors (Lipinski definition) is 2. The van der Waals surface area contributed by atoms with Crippen molar-refractivity contribution in [2.45, 2.75) is 77.4 Å². The van der Waals surface area contributed by atoms with Gasteiger partial charge < -0.3 is 14.9 Å². The molecule has 3 aromatic carbocycles. The minimum Gasteiger partial charge on any atom is -0.489 e. The zero-order chi connectivity index (χ0) is 28.9. The molecule has 0 bridgehead atoms. The van der Waals surface area contributed by atoms with Crippen LogP contribution in [0.5, 0.6) is 5.75 Å². The second-order valence-corrected chi connectivity index (χ2v) is 11.3. The lowest BCUT2D eigenvalue weighted by Gasteiger charge is -2.26. The van der Waals surface area contributed by atoms with Crippen LogP contribution >= 0.6 is 0 Å². The molecular weight excluding hydrogens is 514 g/mol. The monoisotopic (exact) mass is 557 g/mol. The van der Waals surface area contributed by atoms with E-state index in [-0.39, 0.29) is 12.0 Å². The maximum Gasteiger partial charge on any atom is 0.335 e. The number of carboxylic acid groups (broad SMARTS) is 2. The van der Waals surface area contributed by atoms with Gasteiger partial charge in [-0.05, 0) is 98.0 Å². The van der Waals surface area contributed by atoms with E-state index in [1.54, 1.807) is 12.1 Å². The van der Waals surface area contributed by atoms with E-state index in [1.807, 2.05) is 30.3 Å². The first-order valence-electron chi connectivity index (χ1n) is 15.0. The SMILES string of the molecule is O=C(O)CCCCC(CCc1ccccc1OCc1ccc(CN2CCCCC2)cc1)Cc1ccc(C(=O)O)cc1. The number of unbranched alkanes of at least 4 members (excludes halogenated alkanes) is 1. The van der Waals surface area contributed by atoms with Gasteiger partial charge in [0.2, 0.25) is 0 Å². The molecule has 1 fully saturated rings. The van der Waals surface area contributed by atoms with Crippen molar-refractivity contribution in [3.8, 4) is 5.75 Å². The highest BCUT2D eigenvalue weighted by Gasteiger charge is 2.14. The van der Waals surface area contributed by atoms with Crippen molar-refractivity contribution in [2.75, 3.05) is 13.1 Å². The molecule has 0 aliphatic carbocycles. The molecule has 1 atom stereocenters. The fourth-order valence-electron chi connectivity index (χ4n) is 5.66. The number of piperidine rings is 1. The highest BCUT2D eigenvalue weighted by molar-refractivity contribution is 5.87. The average molecular weight is 558 g/mol. The van der Waals surface area contributed by atoms with Gasteiger partial charge in [-0.1, -0.05) is 73.9 Å². The number of para-hydroxylation sites is 1. The maximum absolute atomic E-state index is 11.2. The molecule has 1 aliphatic rings. The van der Waals surface area contributed by atoms with Crippen LogP contribution in [-0.2, 0) is 30.8 Å². The zero-order valence-corrected chi connectivity index (χ0v) is 24.0. The summed E-state index contributed by atoms with van der Waals surface area (Å²) in [6.45, 7) is 3.93. The first-order valence-corrected chi connectivity index (χ1v) is 15.0. The van der Waals surface area contributed by atoms with E-state index in [1.165, 1.54) is 43.5 Å². The molecule has 1 heterocycles. The molecule has 2 N–H and O–H groups in total. The fourth-order valence-corrected chi connectivity index (χ4v) is 5.66. The van der Waals surface area contributed by atoms with Crippen LogP contribution in [0.4, 0.5) is 0 Å². The van der Waals surface area contributed by atoms with Crippen LogP contribution in [0.15, 0.2) is 72.8 Å². The number of carbonyl (C=O) groups is 2. The summed E-state index contributed by atoms with van der Waals surface area (Å²) in [5, 5.41) is 18.2. The van der Waals surface area contributed by atoms with Crippen molar-refractivity contribution in [3.63, 3.8) is 0 Å². The second-order valence-electron chi connectivity index (χ2n) is 11.3. The summed E-state index contributed by atoms with van der Waals surface area (Å²) in [6, 6.07) is 24.1. The van der Waals surface area contributed by atoms with E-state index >= 15 is 0 Å². The predicted molar refractivity (Wildman–Crippen MR) is 161 cm³/mol. The van der Waals surface area contributed by atoms with E-state index in [0.717, 1.165) is 55.5 Å². The number of nitrogens with zero attached hydrogens (tertiary/aromatic N) is 1. The summed E-state index contributed by atoms with van der Waals surface area (Å²) >= 11 is 0.